The molecule has 0 N–H and O–H groups in total. The summed E-state index contributed by atoms with van der Waals surface area (Å²) in [7, 11) is -0.729. The highest BCUT2D eigenvalue weighted by Gasteiger charge is 2.52. The van der Waals surface area contributed by atoms with Crippen molar-refractivity contribution in [2.24, 2.45) is 0 Å². The van der Waals surface area contributed by atoms with E-state index in [0.717, 1.165) is 0 Å². The van der Waals surface area contributed by atoms with Crippen LogP contribution in [0, 0.1) is 5.82 Å². The first-order valence-corrected chi connectivity index (χ1v) is 6.95. The molecular formula is C15H18BFN2O2. The van der Waals surface area contributed by atoms with Crippen molar-refractivity contribution in [1.82, 2.24) is 9.55 Å². The summed E-state index contributed by atoms with van der Waals surface area (Å²) < 4.78 is 27.8. The number of aromatic nitrogens is 2. The topological polar surface area (TPSA) is 36.3 Å². The van der Waals surface area contributed by atoms with Gasteiger partial charge in [0.2, 0.25) is 0 Å². The average Bonchev–Trinajstić information content (AvgIpc) is 2.97. The Kier molecular flexibility index (Phi) is 3.18. The van der Waals surface area contributed by atoms with Crippen LogP contribution < -0.4 is 5.46 Å². The van der Waals surface area contributed by atoms with E-state index in [-0.39, 0.29) is 0 Å². The Morgan fingerprint density at radius 2 is 1.67 bits per heavy atom. The molecule has 0 bridgehead atoms. The molecule has 110 valence electrons. The Morgan fingerprint density at radius 3 is 2.24 bits per heavy atom. The maximum absolute atomic E-state index is 14.1. The van der Waals surface area contributed by atoms with Crippen molar-refractivity contribution in [2.75, 3.05) is 0 Å². The monoisotopic (exact) mass is 288 g/mol. The molecule has 0 spiro atoms. The molecule has 1 aliphatic rings. The van der Waals surface area contributed by atoms with Crippen molar-refractivity contribution in [3.05, 3.63) is 42.6 Å². The predicted octanol–water partition coefficient (Wildman–Crippen LogP) is 2.31. The van der Waals surface area contributed by atoms with Crippen LogP contribution in [0.25, 0.3) is 5.82 Å². The number of rotatable bonds is 2. The van der Waals surface area contributed by atoms with Gasteiger partial charge in [-0.15, -0.1) is 0 Å². The lowest BCUT2D eigenvalue weighted by Gasteiger charge is -2.32. The lowest BCUT2D eigenvalue weighted by atomic mass is 9.79. The van der Waals surface area contributed by atoms with Gasteiger partial charge in [0.15, 0.2) is 0 Å². The number of halogens is 1. The smallest absolute Gasteiger partial charge is 0.399 e. The summed E-state index contributed by atoms with van der Waals surface area (Å²) in [6.45, 7) is 7.77. The molecule has 4 nitrogen and oxygen atoms in total. The van der Waals surface area contributed by atoms with E-state index in [1.165, 1.54) is 6.20 Å². The first-order valence-electron chi connectivity index (χ1n) is 6.95. The van der Waals surface area contributed by atoms with Crippen LogP contribution in [-0.4, -0.2) is 27.9 Å². The molecule has 3 heterocycles. The van der Waals surface area contributed by atoms with Crippen LogP contribution in [0.4, 0.5) is 4.39 Å². The normalized spacial score (nSPS) is 20.0. The molecule has 0 saturated carbocycles. The molecule has 0 aromatic carbocycles. The highest BCUT2D eigenvalue weighted by Crippen LogP contribution is 2.36. The zero-order valence-corrected chi connectivity index (χ0v) is 12.6. The van der Waals surface area contributed by atoms with E-state index >= 15 is 0 Å². The van der Waals surface area contributed by atoms with Crippen molar-refractivity contribution >= 4 is 12.6 Å². The minimum atomic E-state index is -0.729. The molecule has 3 rings (SSSR count). The second-order valence-electron chi connectivity index (χ2n) is 6.24. The third kappa shape index (κ3) is 2.38. The van der Waals surface area contributed by atoms with E-state index in [1.807, 2.05) is 56.8 Å². The summed E-state index contributed by atoms with van der Waals surface area (Å²) in [5.41, 5.74) is -0.630. The summed E-state index contributed by atoms with van der Waals surface area (Å²) >= 11 is 0. The third-order valence-corrected chi connectivity index (χ3v) is 4.25. The zero-order chi connectivity index (χ0) is 15.3. The molecule has 21 heavy (non-hydrogen) atoms. The molecule has 0 amide bonds. The van der Waals surface area contributed by atoms with Crippen LogP contribution in [0.5, 0.6) is 0 Å². The van der Waals surface area contributed by atoms with Crippen LogP contribution in [0.1, 0.15) is 27.7 Å². The van der Waals surface area contributed by atoms with Crippen LogP contribution in [0.2, 0.25) is 0 Å². The molecule has 0 aliphatic carbocycles. The predicted molar refractivity (Wildman–Crippen MR) is 79.2 cm³/mol. The van der Waals surface area contributed by atoms with Crippen molar-refractivity contribution in [3.63, 3.8) is 0 Å². The molecule has 1 aliphatic heterocycles. The number of nitrogens with zero attached hydrogens (tertiary/aromatic N) is 2. The van der Waals surface area contributed by atoms with Gasteiger partial charge in [-0.25, -0.2) is 9.37 Å². The third-order valence-electron chi connectivity index (χ3n) is 4.25. The summed E-state index contributed by atoms with van der Waals surface area (Å²) in [6.07, 6.45) is 4.91. The molecule has 6 heteroatoms. The van der Waals surface area contributed by atoms with E-state index in [0.29, 0.717) is 11.3 Å². The van der Waals surface area contributed by atoms with Crippen molar-refractivity contribution < 1.29 is 13.7 Å². The minimum absolute atomic E-state index is 0.368. The molecule has 0 atom stereocenters. The van der Waals surface area contributed by atoms with Gasteiger partial charge < -0.3 is 13.9 Å². The van der Waals surface area contributed by atoms with E-state index in [1.54, 1.807) is 6.07 Å². The minimum Gasteiger partial charge on any atom is -0.399 e. The first kappa shape index (κ1) is 14.3. The molecule has 0 unspecified atom stereocenters. The Labute approximate surface area is 124 Å². The summed E-state index contributed by atoms with van der Waals surface area (Å²) in [5, 5.41) is 0. The second-order valence-corrected chi connectivity index (χ2v) is 6.24. The quantitative estimate of drug-likeness (QED) is 0.796. The van der Waals surface area contributed by atoms with E-state index in [2.05, 4.69) is 4.98 Å². The fraction of sp³-hybridized carbons (Fsp3) is 0.400. The maximum Gasteiger partial charge on any atom is 0.498 e. The molecule has 0 radical (unpaired) electrons. The summed E-state index contributed by atoms with van der Waals surface area (Å²) in [5.74, 6) is 0.204. The van der Waals surface area contributed by atoms with Crippen molar-refractivity contribution in [1.29, 1.82) is 0 Å². The van der Waals surface area contributed by atoms with Gasteiger partial charge in [0.1, 0.15) is 11.6 Å². The number of pyridine rings is 1. The van der Waals surface area contributed by atoms with Gasteiger partial charge in [0.05, 0.1) is 17.4 Å². The van der Waals surface area contributed by atoms with Gasteiger partial charge >= 0.3 is 7.12 Å². The Morgan fingerprint density at radius 1 is 1.10 bits per heavy atom. The van der Waals surface area contributed by atoms with Crippen LogP contribution >= 0.6 is 0 Å². The van der Waals surface area contributed by atoms with Gasteiger partial charge in [-0.2, -0.15) is 0 Å². The van der Waals surface area contributed by atoms with Gasteiger partial charge in [0, 0.05) is 17.9 Å². The Bertz CT molecular complexity index is 640. The lowest BCUT2D eigenvalue weighted by molar-refractivity contribution is 0.00578. The fourth-order valence-corrected chi connectivity index (χ4v) is 2.22. The average molecular weight is 288 g/mol. The zero-order valence-electron chi connectivity index (χ0n) is 12.6. The van der Waals surface area contributed by atoms with Crippen LogP contribution in [0.3, 0.4) is 0 Å². The highest BCUT2D eigenvalue weighted by molar-refractivity contribution is 6.62. The van der Waals surface area contributed by atoms with E-state index in [4.69, 9.17) is 9.31 Å². The Balaban J connectivity index is 1.98. The second kappa shape index (κ2) is 4.68. The SMILES string of the molecule is CC1(C)OB(c2cc(-n3cccc3)ncc2F)OC1(C)C. The molecule has 2 aromatic heterocycles. The highest BCUT2D eigenvalue weighted by atomic mass is 19.1. The van der Waals surface area contributed by atoms with E-state index in [9.17, 15) is 4.39 Å². The maximum atomic E-state index is 14.1. The van der Waals surface area contributed by atoms with Gasteiger partial charge in [0.25, 0.3) is 0 Å². The fourth-order valence-electron chi connectivity index (χ4n) is 2.22. The molecular weight excluding hydrogens is 270 g/mol. The number of hydrogen-bond donors (Lipinski definition) is 0. The van der Waals surface area contributed by atoms with Crippen LogP contribution in [0.15, 0.2) is 36.8 Å². The standard InChI is InChI=1S/C15H18BFN2O2/c1-14(2)15(3,4)21-16(20-14)11-9-13(18-10-12(11)17)19-7-5-6-8-19/h5-10H,1-4H3. The lowest BCUT2D eigenvalue weighted by Crippen LogP contribution is -2.41. The van der Waals surface area contributed by atoms with Gasteiger partial charge in [-0.3, -0.25) is 0 Å². The Hall–Kier alpha value is -1.66. The summed E-state index contributed by atoms with van der Waals surface area (Å²) in [4.78, 5) is 4.10. The first-order chi connectivity index (χ1) is 9.80. The van der Waals surface area contributed by atoms with Crippen LogP contribution in [-0.2, 0) is 9.31 Å². The summed E-state index contributed by atoms with van der Waals surface area (Å²) in [6, 6.07) is 5.44. The van der Waals surface area contributed by atoms with Gasteiger partial charge in [-0.05, 0) is 45.9 Å². The van der Waals surface area contributed by atoms with Crippen molar-refractivity contribution in [3.8, 4) is 5.82 Å². The molecule has 1 fully saturated rings. The molecule has 2 aromatic rings. The van der Waals surface area contributed by atoms with Gasteiger partial charge in [-0.1, -0.05) is 0 Å². The van der Waals surface area contributed by atoms with Crippen molar-refractivity contribution in [2.45, 2.75) is 38.9 Å². The largest absolute Gasteiger partial charge is 0.498 e. The molecule has 1 saturated heterocycles. The van der Waals surface area contributed by atoms with E-state index < -0.39 is 24.1 Å². The number of hydrogen-bond acceptors (Lipinski definition) is 3.